The summed E-state index contributed by atoms with van der Waals surface area (Å²) in [7, 11) is 1.28. The molecular formula is C23H27F3O. The van der Waals surface area contributed by atoms with Crippen molar-refractivity contribution in [3.8, 4) is 11.1 Å². The van der Waals surface area contributed by atoms with E-state index in [9.17, 15) is 13.2 Å². The minimum Gasteiger partial charge on any atom is -0.382 e. The van der Waals surface area contributed by atoms with E-state index >= 15 is 0 Å². The third-order valence-electron chi connectivity index (χ3n) is 5.47. The maximum absolute atomic E-state index is 14.7. The Morgan fingerprint density at radius 2 is 1.67 bits per heavy atom. The van der Waals surface area contributed by atoms with Gasteiger partial charge in [0.15, 0.2) is 18.5 Å². The molecule has 0 bridgehead atoms. The van der Waals surface area contributed by atoms with Gasteiger partial charge in [0, 0.05) is 7.11 Å². The van der Waals surface area contributed by atoms with Crippen molar-refractivity contribution in [1.82, 2.24) is 0 Å². The number of methoxy groups -OCH3 is 1. The molecule has 0 saturated heterocycles. The molecule has 1 aliphatic carbocycles. The summed E-state index contributed by atoms with van der Waals surface area (Å²) in [6.45, 7) is -0.445. The van der Waals surface area contributed by atoms with E-state index < -0.39 is 25.1 Å². The average molecular weight is 376 g/mol. The zero-order valence-electron chi connectivity index (χ0n) is 15.7. The van der Waals surface area contributed by atoms with Crippen LogP contribution >= 0.6 is 0 Å². The highest BCUT2D eigenvalue weighted by atomic mass is 19.2. The van der Waals surface area contributed by atoms with Crippen molar-refractivity contribution in [3.05, 3.63) is 59.7 Å². The van der Waals surface area contributed by atoms with Gasteiger partial charge in [0.05, 0.1) is 6.61 Å². The Kier molecular flexibility index (Phi) is 6.95. The minimum atomic E-state index is -2.23. The third kappa shape index (κ3) is 4.73. The van der Waals surface area contributed by atoms with Gasteiger partial charge in [-0.2, -0.15) is 0 Å². The second-order valence-corrected chi connectivity index (χ2v) is 7.37. The Morgan fingerprint density at radius 1 is 0.963 bits per heavy atom. The predicted molar refractivity (Wildman–Crippen MR) is 103 cm³/mol. The molecule has 0 spiro atoms. The van der Waals surface area contributed by atoms with Crippen LogP contribution in [0.15, 0.2) is 48.5 Å². The molecule has 146 valence electrons. The standard InChI is InChI=1S/C23H27F3O/c1-27-15-21(24)23(26)22(25)18-12-13-19(16-8-4-2-5-9-16)20(14-18)17-10-6-3-7-11-17/h2,4-5,8-9,12-14,17,21-23H,3,6-7,10-11,15H2,1H3. The maximum atomic E-state index is 14.7. The van der Waals surface area contributed by atoms with E-state index in [4.69, 9.17) is 0 Å². The SMILES string of the molecule is COCC(F)C(F)C(F)c1ccc(-c2ccccc2)c(C2CCCCC2)c1. The van der Waals surface area contributed by atoms with Gasteiger partial charge in [0.25, 0.3) is 0 Å². The summed E-state index contributed by atoms with van der Waals surface area (Å²) in [6.07, 6.45) is -0.590. The Hall–Kier alpha value is -1.81. The van der Waals surface area contributed by atoms with Gasteiger partial charge in [-0.3, -0.25) is 0 Å². The lowest BCUT2D eigenvalue weighted by Gasteiger charge is -2.26. The Labute approximate surface area is 159 Å². The lowest BCUT2D eigenvalue weighted by molar-refractivity contribution is 0.0290. The fraction of sp³-hybridized carbons (Fsp3) is 0.478. The van der Waals surface area contributed by atoms with E-state index in [1.54, 1.807) is 12.1 Å². The molecule has 3 rings (SSSR count). The number of halogens is 3. The first-order chi connectivity index (χ1) is 13.1. The number of ether oxygens (including phenoxy) is 1. The van der Waals surface area contributed by atoms with E-state index in [-0.39, 0.29) is 5.56 Å². The zero-order valence-corrected chi connectivity index (χ0v) is 15.7. The molecule has 1 nitrogen and oxygen atoms in total. The van der Waals surface area contributed by atoms with Crippen LogP contribution in [0.1, 0.15) is 55.3 Å². The fourth-order valence-corrected chi connectivity index (χ4v) is 4.00. The first-order valence-corrected chi connectivity index (χ1v) is 9.72. The van der Waals surface area contributed by atoms with E-state index in [2.05, 4.69) is 4.74 Å². The van der Waals surface area contributed by atoms with Gasteiger partial charge >= 0.3 is 0 Å². The smallest absolute Gasteiger partial charge is 0.169 e. The van der Waals surface area contributed by atoms with Crippen LogP contribution in [0.3, 0.4) is 0 Å². The van der Waals surface area contributed by atoms with Crippen LogP contribution in [-0.2, 0) is 4.74 Å². The van der Waals surface area contributed by atoms with Crippen LogP contribution in [-0.4, -0.2) is 26.1 Å². The maximum Gasteiger partial charge on any atom is 0.169 e. The van der Waals surface area contributed by atoms with Gasteiger partial charge in [-0.05, 0) is 41.0 Å². The van der Waals surface area contributed by atoms with Crippen molar-refractivity contribution in [2.45, 2.75) is 56.5 Å². The summed E-state index contributed by atoms with van der Waals surface area (Å²) in [6, 6.07) is 15.2. The fourth-order valence-electron chi connectivity index (χ4n) is 4.00. The molecule has 0 aromatic heterocycles. The van der Waals surface area contributed by atoms with Crippen LogP contribution in [0.5, 0.6) is 0 Å². The van der Waals surface area contributed by atoms with Crippen molar-refractivity contribution in [2.75, 3.05) is 13.7 Å². The van der Waals surface area contributed by atoms with Gasteiger partial charge in [0.1, 0.15) is 0 Å². The first kappa shape index (κ1) is 19.9. The summed E-state index contributed by atoms with van der Waals surface area (Å²) in [5.74, 6) is 0.333. The molecule has 0 N–H and O–H groups in total. The number of benzene rings is 2. The number of rotatable bonds is 7. The molecule has 1 aliphatic rings. The zero-order chi connectivity index (χ0) is 19.2. The molecule has 3 unspecified atom stereocenters. The Balaban J connectivity index is 1.95. The Bertz CT molecular complexity index is 713. The second-order valence-electron chi connectivity index (χ2n) is 7.37. The number of hydrogen-bond donors (Lipinski definition) is 0. The molecule has 1 fully saturated rings. The van der Waals surface area contributed by atoms with Crippen LogP contribution in [0.2, 0.25) is 0 Å². The molecule has 0 amide bonds. The summed E-state index contributed by atoms with van der Waals surface area (Å²) in [5.41, 5.74) is 3.39. The number of hydrogen-bond acceptors (Lipinski definition) is 1. The van der Waals surface area contributed by atoms with Crippen molar-refractivity contribution in [3.63, 3.8) is 0 Å². The lowest BCUT2D eigenvalue weighted by Crippen LogP contribution is -2.27. The topological polar surface area (TPSA) is 9.23 Å². The van der Waals surface area contributed by atoms with E-state index in [0.29, 0.717) is 5.92 Å². The summed E-state index contributed by atoms with van der Waals surface area (Å²) in [4.78, 5) is 0. The largest absolute Gasteiger partial charge is 0.382 e. The van der Waals surface area contributed by atoms with Crippen LogP contribution in [0.25, 0.3) is 11.1 Å². The predicted octanol–water partition coefficient (Wildman–Crippen LogP) is 6.73. The lowest BCUT2D eigenvalue weighted by atomic mass is 9.79. The molecule has 0 heterocycles. The van der Waals surface area contributed by atoms with Crippen LogP contribution in [0.4, 0.5) is 13.2 Å². The molecule has 0 aliphatic heterocycles. The molecule has 0 radical (unpaired) electrons. The van der Waals surface area contributed by atoms with Gasteiger partial charge in [-0.25, -0.2) is 13.2 Å². The quantitative estimate of drug-likeness (QED) is 0.520. The summed E-state index contributed by atoms with van der Waals surface area (Å²) < 4.78 is 47.4. The van der Waals surface area contributed by atoms with Crippen molar-refractivity contribution in [2.24, 2.45) is 0 Å². The average Bonchev–Trinajstić information content (AvgIpc) is 2.73. The van der Waals surface area contributed by atoms with Gasteiger partial charge in [0.2, 0.25) is 0 Å². The molecule has 27 heavy (non-hydrogen) atoms. The van der Waals surface area contributed by atoms with E-state index in [0.717, 1.165) is 42.4 Å². The van der Waals surface area contributed by atoms with Crippen LogP contribution in [0, 0.1) is 0 Å². The van der Waals surface area contributed by atoms with E-state index in [1.165, 1.54) is 13.5 Å². The van der Waals surface area contributed by atoms with Gasteiger partial charge < -0.3 is 4.74 Å². The van der Waals surface area contributed by atoms with Gasteiger partial charge in [-0.1, -0.05) is 67.8 Å². The third-order valence-corrected chi connectivity index (χ3v) is 5.47. The normalized spacial score (nSPS) is 18.8. The van der Waals surface area contributed by atoms with Crippen LogP contribution < -0.4 is 0 Å². The first-order valence-electron chi connectivity index (χ1n) is 9.72. The molecule has 1 saturated carbocycles. The molecular weight excluding hydrogens is 349 g/mol. The minimum absolute atomic E-state index is 0.210. The van der Waals surface area contributed by atoms with Crippen molar-refractivity contribution >= 4 is 0 Å². The summed E-state index contributed by atoms with van der Waals surface area (Å²) >= 11 is 0. The highest BCUT2D eigenvalue weighted by Crippen LogP contribution is 2.40. The van der Waals surface area contributed by atoms with Crippen molar-refractivity contribution < 1.29 is 17.9 Å². The molecule has 2 aromatic rings. The molecule has 3 atom stereocenters. The van der Waals surface area contributed by atoms with Gasteiger partial charge in [-0.15, -0.1) is 0 Å². The summed E-state index contributed by atoms with van der Waals surface area (Å²) in [5, 5.41) is 0. The van der Waals surface area contributed by atoms with E-state index in [1.807, 2.05) is 36.4 Å². The second kappa shape index (κ2) is 9.41. The number of alkyl halides is 3. The van der Waals surface area contributed by atoms with Crippen molar-refractivity contribution in [1.29, 1.82) is 0 Å². The Morgan fingerprint density at radius 3 is 2.33 bits per heavy atom. The highest BCUT2D eigenvalue weighted by molar-refractivity contribution is 5.68. The molecule has 4 heteroatoms. The monoisotopic (exact) mass is 376 g/mol. The highest BCUT2D eigenvalue weighted by Gasteiger charge is 2.32. The molecule has 2 aromatic carbocycles.